The van der Waals surface area contributed by atoms with Gasteiger partial charge in [0.15, 0.2) is 5.82 Å². The first-order valence-electron chi connectivity index (χ1n) is 6.93. The second kappa shape index (κ2) is 6.40. The first-order chi connectivity index (χ1) is 9.63. The van der Waals surface area contributed by atoms with E-state index in [4.69, 9.17) is 0 Å². The molecule has 0 saturated carbocycles. The number of aryl methyl sites for hydroxylation is 1. The number of nitro groups is 1. The van der Waals surface area contributed by atoms with Crippen molar-refractivity contribution in [1.82, 2.24) is 20.2 Å². The molecule has 1 aromatic rings. The molecule has 1 heterocycles. The Balaban J connectivity index is 1.92. The van der Waals surface area contributed by atoms with Gasteiger partial charge in [-0.05, 0) is 32.1 Å². The Morgan fingerprint density at radius 3 is 3.15 bits per heavy atom. The fraction of sp³-hybridized carbons (Fsp3) is 0.615. The molecular formula is C13H21N5O2. The summed E-state index contributed by atoms with van der Waals surface area (Å²) in [6.07, 6.45) is 5.92. The summed E-state index contributed by atoms with van der Waals surface area (Å²) in [4.78, 5) is 14.5. The summed E-state index contributed by atoms with van der Waals surface area (Å²) >= 11 is 0. The summed E-state index contributed by atoms with van der Waals surface area (Å²) in [6, 6.07) is 0. The number of hydrogen-bond acceptors (Lipinski definition) is 5. The van der Waals surface area contributed by atoms with E-state index in [2.05, 4.69) is 27.1 Å². The summed E-state index contributed by atoms with van der Waals surface area (Å²) in [5.74, 6) is 0.908. The van der Waals surface area contributed by atoms with E-state index in [-0.39, 0.29) is 0 Å². The van der Waals surface area contributed by atoms with E-state index in [1.807, 2.05) is 6.33 Å². The molecule has 0 spiro atoms. The van der Waals surface area contributed by atoms with Crippen LogP contribution in [0.2, 0.25) is 0 Å². The van der Waals surface area contributed by atoms with E-state index in [9.17, 15) is 10.1 Å². The second-order valence-electron chi connectivity index (χ2n) is 4.99. The number of imidazole rings is 1. The molecule has 0 saturated heterocycles. The number of aromatic nitrogens is 2. The third-order valence-corrected chi connectivity index (χ3v) is 3.73. The Kier molecular flexibility index (Phi) is 4.60. The van der Waals surface area contributed by atoms with Gasteiger partial charge in [0, 0.05) is 25.8 Å². The van der Waals surface area contributed by atoms with Crippen LogP contribution in [0.15, 0.2) is 18.3 Å². The van der Waals surface area contributed by atoms with Crippen molar-refractivity contribution < 1.29 is 4.92 Å². The number of fused-ring (bicyclic) bond motifs is 1. The maximum atomic E-state index is 10.5. The molecule has 7 nitrogen and oxygen atoms in total. The van der Waals surface area contributed by atoms with Gasteiger partial charge in [0.1, 0.15) is 0 Å². The molecule has 1 aromatic heterocycles. The molecule has 1 aliphatic carbocycles. The van der Waals surface area contributed by atoms with E-state index in [1.54, 1.807) is 7.05 Å². The Bertz CT molecular complexity index is 509. The molecule has 20 heavy (non-hydrogen) atoms. The van der Waals surface area contributed by atoms with Crippen molar-refractivity contribution in [3.05, 3.63) is 39.9 Å². The molecule has 1 aliphatic rings. The molecule has 7 heteroatoms. The Hall–Kier alpha value is -2.05. The Morgan fingerprint density at radius 2 is 2.50 bits per heavy atom. The van der Waals surface area contributed by atoms with Crippen molar-refractivity contribution in [1.29, 1.82) is 0 Å². The van der Waals surface area contributed by atoms with Crippen molar-refractivity contribution in [2.45, 2.75) is 32.7 Å². The topological polar surface area (TPSA) is 85.0 Å². The van der Waals surface area contributed by atoms with E-state index in [0.29, 0.717) is 11.7 Å². The lowest BCUT2D eigenvalue weighted by molar-refractivity contribution is -0.404. The monoisotopic (exact) mass is 279 g/mol. The SMILES string of the molecule is CCn1cnc2c1CCC(CN/C(=C/[N+](=O)[O-])NC)C2. The number of rotatable bonds is 6. The molecule has 0 amide bonds. The minimum atomic E-state index is -0.458. The highest BCUT2D eigenvalue weighted by atomic mass is 16.6. The number of nitrogens with one attached hydrogen (secondary N) is 2. The van der Waals surface area contributed by atoms with Gasteiger partial charge in [-0.2, -0.15) is 0 Å². The van der Waals surface area contributed by atoms with E-state index in [1.165, 1.54) is 11.4 Å². The van der Waals surface area contributed by atoms with Crippen molar-refractivity contribution >= 4 is 0 Å². The average Bonchev–Trinajstić information content (AvgIpc) is 2.85. The van der Waals surface area contributed by atoms with Crippen LogP contribution in [0.1, 0.15) is 24.7 Å². The van der Waals surface area contributed by atoms with E-state index < -0.39 is 4.92 Å². The lowest BCUT2D eigenvalue weighted by Gasteiger charge is -2.23. The third-order valence-electron chi connectivity index (χ3n) is 3.73. The van der Waals surface area contributed by atoms with Gasteiger partial charge >= 0.3 is 0 Å². The predicted molar refractivity (Wildman–Crippen MR) is 75.6 cm³/mol. The van der Waals surface area contributed by atoms with Crippen molar-refractivity contribution in [3.63, 3.8) is 0 Å². The first kappa shape index (κ1) is 14.4. The minimum absolute atomic E-state index is 0.444. The zero-order valence-corrected chi connectivity index (χ0v) is 11.9. The van der Waals surface area contributed by atoms with Gasteiger partial charge in [-0.15, -0.1) is 0 Å². The maximum absolute atomic E-state index is 10.5. The fourth-order valence-corrected chi connectivity index (χ4v) is 2.63. The summed E-state index contributed by atoms with van der Waals surface area (Å²) in [6.45, 7) is 3.80. The Labute approximate surface area is 118 Å². The summed E-state index contributed by atoms with van der Waals surface area (Å²) in [7, 11) is 1.67. The maximum Gasteiger partial charge on any atom is 0.274 e. The molecule has 0 fully saturated rings. The van der Waals surface area contributed by atoms with Gasteiger partial charge in [0.2, 0.25) is 0 Å². The second-order valence-corrected chi connectivity index (χ2v) is 4.99. The van der Waals surface area contributed by atoms with Crippen LogP contribution in [-0.2, 0) is 19.4 Å². The van der Waals surface area contributed by atoms with Crippen molar-refractivity contribution in [2.75, 3.05) is 13.6 Å². The zero-order chi connectivity index (χ0) is 14.5. The molecule has 1 unspecified atom stereocenters. The van der Waals surface area contributed by atoms with Crippen LogP contribution >= 0.6 is 0 Å². The molecule has 1 atom stereocenters. The summed E-state index contributed by atoms with van der Waals surface area (Å²) in [5.41, 5.74) is 2.52. The van der Waals surface area contributed by atoms with Crippen LogP contribution in [0.25, 0.3) is 0 Å². The highest BCUT2D eigenvalue weighted by Crippen LogP contribution is 2.24. The van der Waals surface area contributed by atoms with Crippen LogP contribution in [0.4, 0.5) is 0 Å². The van der Waals surface area contributed by atoms with Crippen LogP contribution < -0.4 is 10.6 Å². The van der Waals surface area contributed by atoms with Gasteiger partial charge < -0.3 is 15.2 Å². The van der Waals surface area contributed by atoms with Crippen molar-refractivity contribution in [3.8, 4) is 0 Å². The van der Waals surface area contributed by atoms with E-state index in [0.717, 1.165) is 38.6 Å². The predicted octanol–water partition coefficient (Wildman–Crippen LogP) is 0.892. The zero-order valence-electron chi connectivity index (χ0n) is 11.9. The third kappa shape index (κ3) is 3.28. The van der Waals surface area contributed by atoms with Gasteiger partial charge in [-0.1, -0.05) is 0 Å². The van der Waals surface area contributed by atoms with Gasteiger partial charge in [0.25, 0.3) is 6.20 Å². The molecule has 2 N–H and O–H groups in total. The quantitative estimate of drug-likeness (QED) is 0.597. The van der Waals surface area contributed by atoms with Gasteiger partial charge in [-0.25, -0.2) is 4.98 Å². The molecule has 2 rings (SSSR count). The van der Waals surface area contributed by atoms with Gasteiger partial charge in [-0.3, -0.25) is 10.1 Å². The normalized spacial score (nSPS) is 18.5. The highest BCUT2D eigenvalue weighted by Gasteiger charge is 2.22. The molecule has 0 aromatic carbocycles. The summed E-state index contributed by atoms with van der Waals surface area (Å²) in [5, 5.41) is 16.3. The number of nitrogens with zero attached hydrogens (tertiary/aromatic N) is 3. The lowest BCUT2D eigenvalue weighted by Crippen LogP contribution is -2.32. The summed E-state index contributed by atoms with van der Waals surface area (Å²) < 4.78 is 2.20. The Morgan fingerprint density at radius 1 is 1.70 bits per heavy atom. The smallest absolute Gasteiger partial charge is 0.274 e. The number of hydrogen-bond donors (Lipinski definition) is 2. The highest BCUT2D eigenvalue weighted by molar-refractivity contribution is 5.17. The standard InChI is InChI=1S/C13H21N5O2/c1-3-17-9-16-11-6-10(4-5-12(11)17)7-15-13(14-2)8-18(19)20/h8-10,14-15H,3-7H2,1-2H3/b13-8+. The first-order valence-corrected chi connectivity index (χ1v) is 6.93. The van der Waals surface area contributed by atoms with Crippen LogP contribution in [0, 0.1) is 16.0 Å². The molecule has 0 bridgehead atoms. The molecular weight excluding hydrogens is 258 g/mol. The van der Waals surface area contributed by atoms with Crippen LogP contribution in [-0.4, -0.2) is 28.1 Å². The molecule has 110 valence electrons. The lowest BCUT2D eigenvalue weighted by atomic mass is 9.89. The van der Waals surface area contributed by atoms with Crippen LogP contribution in [0.3, 0.4) is 0 Å². The van der Waals surface area contributed by atoms with Crippen LogP contribution in [0.5, 0.6) is 0 Å². The largest absolute Gasteiger partial charge is 0.370 e. The minimum Gasteiger partial charge on any atom is -0.370 e. The molecule has 0 radical (unpaired) electrons. The molecule has 0 aliphatic heterocycles. The van der Waals surface area contributed by atoms with E-state index >= 15 is 0 Å². The van der Waals surface area contributed by atoms with Crippen molar-refractivity contribution in [2.24, 2.45) is 5.92 Å². The average molecular weight is 279 g/mol. The van der Waals surface area contributed by atoms with Gasteiger partial charge in [0.05, 0.1) is 16.9 Å². The fourth-order valence-electron chi connectivity index (χ4n) is 2.63.